The van der Waals surface area contributed by atoms with Crippen LogP contribution in [0.1, 0.15) is 92.4 Å². The van der Waals surface area contributed by atoms with Crippen LogP contribution in [0.25, 0.3) is 0 Å². The SMILES string of the molecule is C=CCNC(=O)C(=O)C(CC1CC1)NC(=O)[C@@H]1[C@@H]2[C@H](CN1C(=O)[C@@H](NC(=O)[C@@H](NC(=O)C1=CCCS1)C1CCCCC1)C(C)(C)C)C2(C)C. The molecule has 0 bridgehead atoms. The molecule has 3 saturated carbocycles. The molecule has 2 aliphatic heterocycles. The molecule has 1 unspecified atom stereocenters. The minimum atomic E-state index is -0.992. The van der Waals surface area contributed by atoms with E-state index in [1.54, 1.807) is 4.90 Å². The lowest BCUT2D eigenvalue weighted by atomic mass is 9.82. The van der Waals surface area contributed by atoms with Gasteiger partial charge in [-0.05, 0) is 60.2 Å². The van der Waals surface area contributed by atoms with Crippen LogP contribution in [0.5, 0.6) is 0 Å². The molecule has 0 aromatic heterocycles. The predicted octanol–water partition coefficient (Wildman–Crippen LogP) is 3.24. The van der Waals surface area contributed by atoms with E-state index in [0.29, 0.717) is 17.9 Å². The Kier molecular flexibility index (Phi) is 11.4. The molecule has 11 nitrogen and oxygen atoms in total. The molecule has 5 rings (SSSR count). The molecule has 4 N–H and O–H groups in total. The highest BCUT2D eigenvalue weighted by Crippen LogP contribution is 2.65. The minimum Gasteiger partial charge on any atom is -0.346 e. The molecule has 0 aromatic carbocycles. The van der Waals surface area contributed by atoms with Gasteiger partial charge in [-0.1, -0.05) is 78.9 Å². The third-order valence-corrected chi connectivity index (χ3v) is 12.4. The van der Waals surface area contributed by atoms with Crippen molar-refractivity contribution >= 4 is 47.1 Å². The third kappa shape index (κ3) is 8.43. The first-order valence-corrected chi connectivity index (χ1v) is 19.1. The van der Waals surface area contributed by atoms with Gasteiger partial charge in [0.15, 0.2) is 0 Å². The number of carbonyl (C=O) groups excluding carboxylic acids is 6. The minimum absolute atomic E-state index is 0.0382. The number of piperidine rings is 1. The number of carbonyl (C=O) groups is 6. The van der Waals surface area contributed by atoms with Crippen molar-refractivity contribution in [2.75, 3.05) is 18.8 Å². The van der Waals surface area contributed by atoms with Crippen LogP contribution < -0.4 is 21.3 Å². The van der Waals surface area contributed by atoms with Gasteiger partial charge in [0.25, 0.3) is 11.8 Å². The van der Waals surface area contributed by atoms with E-state index in [9.17, 15) is 28.8 Å². The van der Waals surface area contributed by atoms with Crippen LogP contribution in [0, 0.1) is 34.5 Å². The van der Waals surface area contributed by atoms with Gasteiger partial charge in [-0.2, -0.15) is 0 Å². The van der Waals surface area contributed by atoms with Crippen LogP contribution in [0.4, 0.5) is 0 Å². The first-order valence-electron chi connectivity index (χ1n) is 18.1. The van der Waals surface area contributed by atoms with Gasteiger partial charge < -0.3 is 26.2 Å². The molecule has 1 saturated heterocycles. The molecule has 4 fully saturated rings. The summed E-state index contributed by atoms with van der Waals surface area (Å²) in [6.45, 7) is 13.9. The number of hydrogen-bond donors (Lipinski definition) is 4. The number of Topliss-reactive ketones (excluding diaryl/α,β-unsaturated/α-hetero) is 1. The lowest BCUT2D eigenvalue weighted by Crippen LogP contribution is -2.63. The van der Waals surface area contributed by atoms with Crippen LogP contribution in [-0.4, -0.2) is 83.2 Å². The van der Waals surface area contributed by atoms with Gasteiger partial charge in [0.1, 0.15) is 18.1 Å². The Morgan fingerprint density at radius 2 is 1.71 bits per heavy atom. The van der Waals surface area contributed by atoms with Crippen LogP contribution in [0.15, 0.2) is 23.6 Å². The van der Waals surface area contributed by atoms with Crippen LogP contribution in [0.2, 0.25) is 0 Å². The number of nitrogens with zero attached hydrogens (tertiary/aromatic N) is 1. The van der Waals surface area contributed by atoms with Crippen molar-refractivity contribution in [3.05, 3.63) is 23.6 Å². The monoisotopic (exact) mass is 697 g/mol. The Labute approximate surface area is 295 Å². The quantitative estimate of drug-likeness (QED) is 0.161. The molecule has 0 spiro atoms. The molecular weight excluding hydrogens is 643 g/mol. The number of thioether (sulfide) groups is 1. The fourth-order valence-corrected chi connectivity index (χ4v) is 8.98. The predicted molar refractivity (Wildman–Crippen MR) is 189 cm³/mol. The highest BCUT2D eigenvalue weighted by Gasteiger charge is 2.70. The van der Waals surface area contributed by atoms with E-state index in [1.807, 2.05) is 26.8 Å². The summed E-state index contributed by atoms with van der Waals surface area (Å²) < 4.78 is 0. The molecule has 3 aliphatic carbocycles. The molecule has 0 aromatic rings. The normalized spacial score (nSPS) is 26.3. The number of ketones is 1. The fraction of sp³-hybridized carbons (Fsp3) is 0.730. The van der Waals surface area contributed by atoms with Crippen molar-refractivity contribution in [2.24, 2.45) is 34.5 Å². The fourth-order valence-electron chi connectivity index (χ4n) is 8.10. The van der Waals surface area contributed by atoms with Crippen LogP contribution in [-0.2, 0) is 28.8 Å². The van der Waals surface area contributed by atoms with Crippen LogP contribution in [0.3, 0.4) is 0 Å². The second kappa shape index (κ2) is 15.0. The van der Waals surface area contributed by atoms with E-state index in [1.165, 1.54) is 17.8 Å². The summed E-state index contributed by atoms with van der Waals surface area (Å²) in [6, 6.07) is -3.58. The van der Waals surface area contributed by atoms with Gasteiger partial charge in [-0.15, -0.1) is 18.3 Å². The molecule has 12 heteroatoms. The number of likely N-dealkylation sites (tertiary alicyclic amines) is 1. The molecule has 270 valence electrons. The van der Waals surface area contributed by atoms with E-state index >= 15 is 0 Å². The molecule has 5 aliphatic rings. The summed E-state index contributed by atoms with van der Waals surface area (Å²) in [5.74, 6) is -1.89. The number of nitrogens with one attached hydrogen (secondary N) is 4. The molecule has 0 radical (unpaired) electrons. The number of allylic oxidation sites excluding steroid dienone is 1. The number of rotatable bonds is 14. The van der Waals surface area contributed by atoms with E-state index in [-0.39, 0.29) is 53.4 Å². The highest BCUT2D eigenvalue weighted by atomic mass is 32.2. The first kappa shape index (κ1) is 37.1. The maximum absolute atomic E-state index is 14.6. The maximum atomic E-state index is 14.6. The standard InChI is InChI=1S/C37H55N5O6S/c1-7-17-38-34(47)29(43)24(19-21-15-16-21)39-33(46)28-26-23(37(26,5)6)20-42(28)35(48)30(36(2,3)4)41-32(45)27(22-12-9-8-10-13-22)40-31(44)25-14-11-18-49-25/h7,14,21-24,26-28,30H,1,8-13,15-20H2,2-6H3,(H,38,47)(H,39,46)(H,40,44)(H,41,45)/t23-,24?,26-,27-,28-,30+/m0/s1. The maximum Gasteiger partial charge on any atom is 0.289 e. The number of amides is 5. The zero-order chi connectivity index (χ0) is 35.7. The summed E-state index contributed by atoms with van der Waals surface area (Å²) in [7, 11) is 0. The molecular formula is C37H55N5O6S. The first-order chi connectivity index (χ1) is 23.1. The molecule has 6 atom stereocenters. The van der Waals surface area contributed by atoms with Crippen molar-refractivity contribution in [3.63, 3.8) is 0 Å². The van der Waals surface area contributed by atoms with Crippen molar-refractivity contribution in [1.82, 2.24) is 26.2 Å². The number of fused-ring (bicyclic) bond motifs is 1. The van der Waals surface area contributed by atoms with Crippen molar-refractivity contribution in [1.29, 1.82) is 0 Å². The summed E-state index contributed by atoms with van der Waals surface area (Å²) in [5, 5.41) is 11.5. The van der Waals surface area contributed by atoms with Gasteiger partial charge >= 0.3 is 0 Å². The average molecular weight is 698 g/mol. The summed E-state index contributed by atoms with van der Waals surface area (Å²) >= 11 is 1.49. The van der Waals surface area contributed by atoms with Gasteiger partial charge in [0, 0.05) is 18.8 Å². The Hall–Kier alpha value is -3.15. The van der Waals surface area contributed by atoms with Gasteiger partial charge in [0.2, 0.25) is 23.5 Å². The number of hydrogen-bond acceptors (Lipinski definition) is 7. The second-order valence-electron chi connectivity index (χ2n) is 16.4. The van der Waals surface area contributed by atoms with Crippen molar-refractivity contribution < 1.29 is 28.8 Å². The smallest absolute Gasteiger partial charge is 0.289 e. The zero-order valence-electron chi connectivity index (χ0n) is 29.8. The molecule has 2 heterocycles. The molecule has 49 heavy (non-hydrogen) atoms. The van der Waals surface area contributed by atoms with Crippen LogP contribution >= 0.6 is 11.8 Å². The Bertz CT molecular complexity index is 1380. The summed E-state index contributed by atoms with van der Waals surface area (Å²) in [4.78, 5) is 84.1. The average Bonchev–Trinajstić information content (AvgIpc) is 3.75. The van der Waals surface area contributed by atoms with E-state index in [4.69, 9.17) is 0 Å². The summed E-state index contributed by atoms with van der Waals surface area (Å²) in [6.07, 6.45) is 11.1. The largest absolute Gasteiger partial charge is 0.346 e. The zero-order valence-corrected chi connectivity index (χ0v) is 30.6. The summed E-state index contributed by atoms with van der Waals surface area (Å²) in [5.41, 5.74) is -0.894. The lowest BCUT2D eigenvalue weighted by molar-refractivity contribution is -0.147. The van der Waals surface area contributed by atoms with E-state index in [2.05, 4.69) is 41.7 Å². The Balaban J connectivity index is 1.35. The van der Waals surface area contributed by atoms with Gasteiger partial charge in [-0.25, -0.2) is 0 Å². The Morgan fingerprint density at radius 1 is 1.02 bits per heavy atom. The Morgan fingerprint density at radius 3 is 2.31 bits per heavy atom. The third-order valence-electron chi connectivity index (χ3n) is 11.3. The highest BCUT2D eigenvalue weighted by molar-refractivity contribution is 8.04. The van der Waals surface area contributed by atoms with E-state index < -0.39 is 47.2 Å². The second-order valence-corrected chi connectivity index (χ2v) is 17.5. The van der Waals surface area contributed by atoms with Crippen molar-refractivity contribution in [3.8, 4) is 0 Å². The van der Waals surface area contributed by atoms with Crippen molar-refractivity contribution in [2.45, 2.75) is 117 Å². The lowest BCUT2D eigenvalue weighted by Gasteiger charge is -2.39. The molecule has 5 amide bonds. The topological polar surface area (TPSA) is 154 Å². The van der Waals surface area contributed by atoms with E-state index in [0.717, 1.165) is 57.1 Å². The van der Waals surface area contributed by atoms with Gasteiger partial charge in [-0.3, -0.25) is 28.8 Å². The van der Waals surface area contributed by atoms with Gasteiger partial charge in [0.05, 0.1) is 10.9 Å².